The first kappa shape index (κ1) is 15.4. The highest BCUT2D eigenvalue weighted by molar-refractivity contribution is 9.09. The third kappa shape index (κ3) is 3.02. The lowest BCUT2D eigenvalue weighted by Crippen LogP contribution is -2.32. The molecular formula is C14H17BrN2O2S. The van der Waals surface area contributed by atoms with Crippen molar-refractivity contribution >= 4 is 36.7 Å². The van der Waals surface area contributed by atoms with Gasteiger partial charge < -0.3 is 0 Å². The lowest BCUT2D eigenvalue weighted by Gasteiger charge is -2.21. The highest BCUT2D eigenvalue weighted by atomic mass is 79.9. The van der Waals surface area contributed by atoms with Crippen LogP contribution in [-0.2, 0) is 10.0 Å². The maximum atomic E-state index is 12.8. The number of benzene rings is 1. The van der Waals surface area contributed by atoms with Crippen molar-refractivity contribution in [2.24, 2.45) is 0 Å². The summed E-state index contributed by atoms with van der Waals surface area (Å²) in [6.45, 7) is 2.85. The Balaban J connectivity index is 2.51. The molecule has 6 heteroatoms. The molecule has 20 heavy (non-hydrogen) atoms. The highest BCUT2D eigenvalue weighted by Gasteiger charge is 2.24. The Bertz CT molecular complexity index is 683. The van der Waals surface area contributed by atoms with E-state index >= 15 is 0 Å². The zero-order valence-electron chi connectivity index (χ0n) is 11.3. The maximum absolute atomic E-state index is 12.8. The predicted molar refractivity (Wildman–Crippen MR) is 84.6 cm³/mol. The van der Waals surface area contributed by atoms with Gasteiger partial charge in [0.2, 0.25) is 10.0 Å². The van der Waals surface area contributed by atoms with Gasteiger partial charge in [-0.25, -0.2) is 8.42 Å². The van der Waals surface area contributed by atoms with Gasteiger partial charge in [-0.05, 0) is 18.6 Å². The number of nitrogens with zero attached hydrogens (tertiary/aromatic N) is 2. The smallest absolute Gasteiger partial charge is 0.243 e. The zero-order chi connectivity index (χ0) is 14.6. The van der Waals surface area contributed by atoms with Crippen LogP contribution in [0.25, 0.3) is 10.8 Å². The average Bonchev–Trinajstić information content (AvgIpc) is 2.47. The van der Waals surface area contributed by atoms with Crippen molar-refractivity contribution in [3.63, 3.8) is 0 Å². The third-order valence-corrected chi connectivity index (χ3v) is 5.75. The van der Waals surface area contributed by atoms with Gasteiger partial charge in [0.25, 0.3) is 0 Å². The number of pyridine rings is 1. The molecule has 0 unspecified atom stereocenters. The van der Waals surface area contributed by atoms with Gasteiger partial charge in [0, 0.05) is 41.6 Å². The fourth-order valence-electron chi connectivity index (χ4n) is 2.14. The average molecular weight is 357 g/mol. The van der Waals surface area contributed by atoms with Crippen LogP contribution in [0.1, 0.15) is 13.3 Å². The lowest BCUT2D eigenvalue weighted by atomic mass is 10.2. The fraction of sp³-hybridized carbons (Fsp3) is 0.357. The number of hydrogen-bond acceptors (Lipinski definition) is 3. The number of fused-ring (bicyclic) bond motifs is 1. The Morgan fingerprint density at radius 2 is 2.10 bits per heavy atom. The standard InChI is InChI=1S/C14H17BrN2O2S/c1-2-17(10-4-8-15)20(18,19)14-6-3-5-12-11-16-9-7-13(12)14/h3,5-7,9,11H,2,4,8,10H2,1H3. The number of alkyl halides is 1. The molecule has 2 aromatic rings. The second kappa shape index (κ2) is 6.65. The van der Waals surface area contributed by atoms with Crippen molar-refractivity contribution < 1.29 is 8.42 Å². The minimum absolute atomic E-state index is 0.355. The molecule has 0 aliphatic carbocycles. The van der Waals surface area contributed by atoms with Gasteiger partial charge in [-0.3, -0.25) is 4.98 Å². The Morgan fingerprint density at radius 3 is 2.80 bits per heavy atom. The third-order valence-electron chi connectivity index (χ3n) is 3.15. The maximum Gasteiger partial charge on any atom is 0.243 e. The summed E-state index contributed by atoms with van der Waals surface area (Å²) in [6.07, 6.45) is 4.10. The molecule has 1 aromatic heterocycles. The van der Waals surface area contributed by atoms with Crippen molar-refractivity contribution in [1.29, 1.82) is 0 Å². The van der Waals surface area contributed by atoms with E-state index in [4.69, 9.17) is 0 Å². The zero-order valence-corrected chi connectivity index (χ0v) is 13.7. The van der Waals surface area contributed by atoms with Crippen molar-refractivity contribution in [2.75, 3.05) is 18.4 Å². The lowest BCUT2D eigenvalue weighted by molar-refractivity contribution is 0.429. The highest BCUT2D eigenvalue weighted by Crippen LogP contribution is 2.25. The van der Waals surface area contributed by atoms with Gasteiger partial charge in [0.05, 0.1) is 4.90 Å². The Morgan fingerprint density at radius 1 is 1.30 bits per heavy atom. The summed E-state index contributed by atoms with van der Waals surface area (Å²) in [5.41, 5.74) is 0. The fourth-order valence-corrected chi connectivity index (χ4v) is 4.09. The molecule has 2 rings (SSSR count). The van der Waals surface area contributed by atoms with Crippen molar-refractivity contribution in [3.8, 4) is 0 Å². The summed E-state index contributed by atoms with van der Waals surface area (Å²) in [5, 5.41) is 2.35. The quantitative estimate of drug-likeness (QED) is 0.747. The van der Waals surface area contributed by atoms with Gasteiger partial charge in [-0.2, -0.15) is 4.31 Å². The topological polar surface area (TPSA) is 50.3 Å². The van der Waals surface area contributed by atoms with Crippen LogP contribution in [0.2, 0.25) is 0 Å². The molecule has 0 saturated carbocycles. The largest absolute Gasteiger partial charge is 0.264 e. The summed E-state index contributed by atoms with van der Waals surface area (Å²) in [6, 6.07) is 7.04. The summed E-state index contributed by atoms with van der Waals surface area (Å²) in [4.78, 5) is 4.39. The molecule has 1 aromatic carbocycles. The van der Waals surface area contributed by atoms with E-state index in [-0.39, 0.29) is 0 Å². The minimum atomic E-state index is -3.47. The molecule has 0 radical (unpaired) electrons. The van der Waals surface area contributed by atoms with E-state index in [0.29, 0.717) is 18.0 Å². The number of rotatable bonds is 6. The Kier molecular flexibility index (Phi) is 5.12. The monoisotopic (exact) mass is 356 g/mol. The molecule has 0 atom stereocenters. The molecule has 0 bridgehead atoms. The molecule has 0 amide bonds. The molecule has 4 nitrogen and oxygen atoms in total. The van der Waals surface area contributed by atoms with E-state index in [9.17, 15) is 8.42 Å². The van der Waals surface area contributed by atoms with E-state index in [0.717, 1.165) is 22.5 Å². The van der Waals surface area contributed by atoms with E-state index in [2.05, 4.69) is 20.9 Å². The van der Waals surface area contributed by atoms with E-state index < -0.39 is 10.0 Å². The van der Waals surface area contributed by atoms with Gasteiger partial charge in [-0.1, -0.05) is 35.0 Å². The normalized spacial score (nSPS) is 12.2. The number of halogens is 1. The van der Waals surface area contributed by atoms with Gasteiger partial charge in [0.15, 0.2) is 0 Å². The molecular weight excluding hydrogens is 340 g/mol. The van der Waals surface area contributed by atoms with Crippen LogP contribution >= 0.6 is 15.9 Å². The summed E-state index contributed by atoms with van der Waals surface area (Å²) in [7, 11) is -3.47. The first-order chi connectivity index (χ1) is 9.61. The summed E-state index contributed by atoms with van der Waals surface area (Å²) < 4.78 is 27.1. The van der Waals surface area contributed by atoms with Gasteiger partial charge in [-0.15, -0.1) is 0 Å². The first-order valence-corrected chi connectivity index (χ1v) is 9.06. The first-order valence-electron chi connectivity index (χ1n) is 6.50. The molecule has 0 aliphatic heterocycles. The number of hydrogen-bond donors (Lipinski definition) is 0. The second-order valence-corrected chi connectivity index (χ2v) is 7.09. The van der Waals surface area contributed by atoms with Crippen molar-refractivity contribution in [3.05, 3.63) is 36.7 Å². The Labute approximate surface area is 128 Å². The van der Waals surface area contributed by atoms with E-state index in [1.54, 1.807) is 30.6 Å². The summed E-state index contributed by atoms with van der Waals surface area (Å²) >= 11 is 3.34. The molecule has 0 spiro atoms. The predicted octanol–water partition coefficient (Wildman–Crippen LogP) is 3.03. The van der Waals surface area contributed by atoms with Crippen molar-refractivity contribution in [2.45, 2.75) is 18.2 Å². The molecule has 0 aliphatic rings. The molecule has 108 valence electrons. The number of sulfonamides is 1. The van der Waals surface area contributed by atoms with E-state index in [1.807, 2.05) is 13.0 Å². The number of aromatic nitrogens is 1. The van der Waals surface area contributed by atoms with Crippen LogP contribution in [0.4, 0.5) is 0 Å². The molecule has 0 N–H and O–H groups in total. The van der Waals surface area contributed by atoms with Gasteiger partial charge in [0.1, 0.15) is 0 Å². The minimum Gasteiger partial charge on any atom is -0.264 e. The van der Waals surface area contributed by atoms with Crippen LogP contribution in [0.3, 0.4) is 0 Å². The van der Waals surface area contributed by atoms with E-state index in [1.165, 1.54) is 4.31 Å². The van der Waals surface area contributed by atoms with Crippen LogP contribution in [0, 0.1) is 0 Å². The van der Waals surface area contributed by atoms with Crippen molar-refractivity contribution in [1.82, 2.24) is 9.29 Å². The second-order valence-electron chi connectivity index (χ2n) is 4.39. The SMILES string of the molecule is CCN(CCCBr)S(=O)(=O)c1cccc2cnccc12. The molecule has 0 saturated heterocycles. The van der Waals surface area contributed by atoms with Crippen LogP contribution in [-0.4, -0.2) is 36.1 Å². The Hall–Kier alpha value is -0.980. The van der Waals surface area contributed by atoms with Crippen LogP contribution in [0.15, 0.2) is 41.6 Å². The summed E-state index contributed by atoms with van der Waals surface area (Å²) in [5.74, 6) is 0. The van der Waals surface area contributed by atoms with Crippen LogP contribution < -0.4 is 0 Å². The van der Waals surface area contributed by atoms with Gasteiger partial charge >= 0.3 is 0 Å². The molecule has 1 heterocycles. The molecule has 0 fully saturated rings. The van der Waals surface area contributed by atoms with Crippen LogP contribution in [0.5, 0.6) is 0 Å².